The Kier molecular flexibility index (Phi) is 4.57. The number of rotatable bonds is 3. The van der Waals surface area contributed by atoms with Crippen LogP contribution in [0, 0.1) is 5.92 Å². The zero-order valence-electron chi connectivity index (χ0n) is 15.1. The van der Waals surface area contributed by atoms with E-state index in [0.29, 0.717) is 15.7 Å². The summed E-state index contributed by atoms with van der Waals surface area (Å²) in [7, 11) is -3.24. The van der Waals surface area contributed by atoms with Gasteiger partial charge in [0.05, 0.1) is 15.8 Å². The molecule has 2 bridgehead atoms. The minimum atomic E-state index is -3.24. The lowest BCUT2D eigenvalue weighted by atomic mass is 9.77. The first kappa shape index (κ1) is 19.2. The smallest absolute Gasteiger partial charge is 0.261 e. The Labute approximate surface area is 169 Å². The van der Waals surface area contributed by atoms with E-state index in [-0.39, 0.29) is 29.9 Å². The summed E-state index contributed by atoms with van der Waals surface area (Å²) in [6.07, 6.45) is 5.95. The highest BCUT2D eigenvalue weighted by Crippen LogP contribution is 2.53. The van der Waals surface area contributed by atoms with Gasteiger partial charge in [0.25, 0.3) is 5.91 Å². The molecular weight excluding hydrogens is 404 g/mol. The molecule has 146 valence electrons. The Balaban J connectivity index is 0.00000180. The van der Waals surface area contributed by atoms with E-state index in [1.165, 1.54) is 56.4 Å². The Morgan fingerprint density at radius 2 is 1.93 bits per heavy atom. The average Bonchev–Trinajstić information content (AvgIpc) is 3.26. The van der Waals surface area contributed by atoms with Gasteiger partial charge in [-0.2, -0.15) is 0 Å². The molecule has 1 spiro atoms. The second-order valence-corrected chi connectivity index (χ2v) is 11.1. The van der Waals surface area contributed by atoms with E-state index in [2.05, 4.69) is 10.2 Å². The molecule has 4 aliphatic rings. The van der Waals surface area contributed by atoms with Crippen molar-refractivity contribution in [2.24, 2.45) is 5.92 Å². The Morgan fingerprint density at radius 1 is 1.22 bits per heavy atom. The van der Waals surface area contributed by atoms with E-state index in [1.54, 1.807) is 18.2 Å². The molecule has 8 heteroatoms. The Morgan fingerprint density at radius 3 is 2.56 bits per heavy atom. The summed E-state index contributed by atoms with van der Waals surface area (Å²) in [6, 6.07) is 7.20. The maximum Gasteiger partial charge on any atom is 0.261 e. The molecule has 6 rings (SSSR count). The van der Waals surface area contributed by atoms with Crippen molar-refractivity contribution in [3.8, 4) is 0 Å². The Bertz CT molecular complexity index is 1010. The predicted octanol–water partition coefficient (Wildman–Crippen LogP) is 3.08. The second-order valence-electron chi connectivity index (χ2n) is 7.96. The quantitative estimate of drug-likeness (QED) is 0.819. The van der Waals surface area contributed by atoms with Crippen LogP contribution in [0.25, 0.3) is 10.1 Å². The van der Waals surface area contributed by atoms with Gasteiger partial charge in [0, 0.05) is 16.5 Å². The fourth-order valence-corrected chi connectivity index (χ4v) is 6.61. The predicted molar refractivity (Wildman–Crippen MR) is 110 cm³/mol. The monoisotopic (exact) mass is 426 g/mol. The standard InChI is InChI=1S/C19H22N2O3S2.ClH/c1-26(23,24)14-3-2-13-10-16(25-15(13)11-14)18(22)20-17-12-4-8-21(9-5-12)19(17)6-7-19;/h2-3,10-12,17H,4-9H2,1H3,(H,20,22);1H/t17-;/m1./s1. The van der Waals surface area contributed by atoms with Gasteiger partial charge in [-0.25, -0.2) is 8.42 Å². The molecule has 3 saturated heterocycles. The van der Waals surface area contributed by atoms with E-state index in [0.717, 1.165) is 10.1 Å². The highest BCUT2D eigenvalue weighted by Gasteiger charge is 2.60. The molecule has 2 aromatic rings. The number of nitrogens with one attached hydrogen (secondary N) is 1. The molecule has 1 aromatic heterocycles. The van der Waals surface area contributed by atoms with Crippen LogP contribution in [0.5, 0.6) is 0 Å². The lowest BCUT2D eigenvalue weighted by Crippen LogP contribution is -2.65. The summed E-state index contributed by atoms with van der Waals surface area (Å²) >= 11 is 1.37. The molecule has 4 heterocycles. The molecule has 1 amide bonds. The number of benzene rings is 1. The number of sulfone groups is 1. The molecule has 1 aliphatic carbocycles. The summed E-state index contributed by atoms with van der Waals surface area (Å²) in [5.74, 6) is 0.579. The van der Waals surface area contributed by atoms with Crippen molar-refractivity contribution in [3.63, 3.8) is 0 Å². The fraction of sp³-hybridized carbons (Fsp3) is 0.526. The van der Waals surface area contributed by atoms with Gasteiger partial charge < -0.3 is 5.32 Å². The van der Waals surface area contributed by atoms with Crippen LogP contribution in [0.3, 0.4) is 0 Å². The average molecular weight is 427 g/mol. The van der Waals surface area contributed by atoms with Crippen molar-refractivity contribution in [2.75, 3.05) is 19.3 Å². The van der Waals surface area contributed by atoms with Gasteiger partial charge in [-0.05, 0) is 68.3 Å². The third-order valence-corrected chi connectivity index (χ3v) is 8.62. The van der Waals surface area contributed by atoms with E-state index >= 15 is 0 Å². The Hall–Kier alpha value is -1.15. The van der Waals surface area contributed by atoms with Gasteiger partial charge in [0.1, 0.15) is 0 Å². The van der Waals surface area contributed by atoms with Crippen LogP contribution >= 0.6 is 23.7 Å². The summed E-state index contributed by atoms with van der Waals surface area (Å²) in [5.41, 5.74) is 0.219. The van der Waals surface area contributed by atoms with Crippen LogP contribution in [-0.2, 0) is 9.84 Å². The normalized spacial score (nSPS) is 28.1. The fourth-order valence-electron chi connectivity index (χ4n) is 4.89. The zero-order chi connectivity index (χ0) is 18.1. The molecule has 3 aliphatic heterocycles. The van der Waals surface area contributed by atoms with Crippen LogP contribution < -0.4 is 5.32 Å². The van der Waals surface area contributed by atoms with Crippen LogP contribution in [0.1, 0.15) is 35.4 Å². The molecule has 0 radical (unpaired) electrons. The van der Waals surface area contributed by atoms with Gasteiger partial charge >= 0.3 is 0 Å². The number of carbonyl (C=O) groups is 1. The number of piperidine rings is 3. The van der Waals surface area contributed by atoms with Crippen molar-refractivity contribution < 1.29 is 13.2 Å². The van der Waals surface area contributed by atoms with Crippen molar-refractivity contribution in [1.82, 2.24) is 10.2 Å². The summed E-state index contributed by atoms with van der Waals surface area (Å²) < 4.78 is 24.3. The van der Waals surface area contributed by atoms with Gasteiger partial charge in [-0.1, -0.05) is 6.07 Å². The van der Waals surface area contributed by atoms with E-state index in [9.17, 15) is 13.2 Å². The first-order valence-electron chi connectivity index (χ1n) is 9.16. The highest BCUT2D eigenvalue weighted by molar-refractivity contribution is 7.90. The van der Waals surface area contributed by atoms with Crippen molar-refractivity contribution in [1.29, 1.82) is 0 Å². The number of halogens is 1. The van der Waals surface area contributed by atoms with Gasteiger partial charge in [0.15, 0.2) is 9.84 Å². The zero-order valence-corrected chi connectivity index (χ0v) is 17.6. The molecule has 1 saturated carbocycles. The molecule has 0 unspecified atom stereocenters. The maximum atomic E-state index is 12.9. The number of hydrogen-bond donors (Lipinski definition) is 1. The third kappa shape index (κ3) is 3.09. The lowest BCUT2D eigenvalue weighted by molar-refractivity contribution is -0.00138. The minimum Gasteiger partial charge on any atom is -0.346 e. The molecule has 1 aromatic carbocycles. The van der Waals surface area contributed by atoms with Crippen LogP contribution in [-0.4, -0.2) is 50.2 Å². The molecule has 27 heavy (non-hydrogen) atoms. The molecular formula is C19H23ClN2O3S2. The second kappa shape index (κ2) is 6.44. The summed E-state index contributed by atoms with van der Waals surface area (Å²) in [6.45, 7) is 2.35. The van der Waals surface area contributed by atoms with Crippen LogP contribution in [0.15, 0.2) is 29.2 Å². The molecule has 1 N–H and O–H groups in total. The van der Waals surface area contributed by atoms with Gasteiger partial charge in [0.2, 0.25) is 0 Å². The molecule has 5 nitrogen and oxygen atoms in total. The van der Waals surface area contributed by atoms with E-state index < -0.39 is 9.84 Å². The van der Waals surface area contributed by atoms with Gasteiger partial charge in [-0.15, -0.1) is 23.7 Å². The number of hydrogen-bond acceptors (Lipinski definition) is 5. The topological polar surface area (TPSA) is 66.5 Å². The van der Waals surface area contributed by atoms with Crippen molar-refractivity contribution in [2.45, 2.75) is 42.2 Å². The van der Waals surface area contributed by atoms with Crippen LogP contribution in [0.4, 0.5) is 0 Å². The van der Waals surface area contributed by atoms with Crippen LogP contribution in [0.2, 0.25) is 0 Å². The number of nitrogens with zero attached hydrogens (tertiary/aromatic N) is 1. The highest BCUT2D eigenvalue weighted by atomic mass is 35.5. The van der Waals surface area contributed by atoms with E-state index in [1.807, 2.05) is 6.07 Å². The number of fused-ring (bicyclic) bond motifs is 3. The first-order chi connectivity index (χ1) is 12.4. The number of amides is 1. The summed E-state index contributed by atoms with van der Waals surface area (Å²) in [4.78, 5) is 16.5. The third-order valence-electron chi connectivity index (χ3n) is 6.41. The van der Waals surface area contributed by atoms with Crippen molar-refractivity contribution >= 4 is 49.6 Å². The van der Waals surface area contributed by atoms with Gasteiger partial charge in [-0.3, -0.25) is 9.69 Å². The molecule has 1 atom stereocenters. The minimum absolute atomic E-state index is 0. The number of thiophene rings is 1. The number of carbonyl (C=O) groups excluding carboxylic acids is 1. The molecule has 4 fully saturated rings. The largest absolute Gasteiger partial charge is 0.346 e. The maximum absolute atomic E-state index is 12.9. The summed E-state index contributed by atoms with van der Waals surface area (Å²) in [5, 5.41) is 4.26. The van der Waals surface area contributed by atoms with E-state index in [4.69, 9.17) is 0 Å². The lowest BCUT2D eigenvalue weighted by Gasteiger charge is -2.52. The SMILES string of the molecule is CS(=O)(=O)c1ccc2cc(C(=O)N[C@@H]3C4CCN(CC4)C34CC4)sc2c1.Cl. The first-order valence-corrected chi connectivity index (χ1v) is 11.9. The van der Waals surface area contributed by atoms with Crippen molar-refractivity contribution in [3.05, 3.63) is 29.1 Å².